The lowest BCUT2D eigenvalue weighted by Gasteiger charge is -2.39. The van der Waals surface area contributed by atoms with Gasteiger partial charge in [0.05, 0.1) is 12.2 Å². The van der Waals surface area contributed by atoms with Gasteiger partial charge in [-0.05, 0) is 17.5 Å². The summed E-state index contributed by atoms with van der Waals surface area (Å²) < 4.78 is 79.9. The van der Waals surface area contributed by atoms with Gasteiger partial charge in [-0.3, -0.25) is 0 Å². The molecule has 0 aliphatic carbocycles. The summed E-state index contributed by atoms with van der Waals surface area (Å²) in [6.07, 6.45) is -13.5. The summed E-state index contributed by atoms with van der Waals surface area (Å²) in [5, 5.41) is 43.2. The smallest absolute Gasteiger partial charge is 0.433 e. The van der Waals surface area contributed by atoms with Crippen molar-refractivity contribution in [2.75, 3.05) is 20.0 Å². The molecule has 1 aromatic heterocycles. The Morgan fingerprint density at radius 2 is 1.63 bits per heavy atom. The van der Waals surface area contributed by atoms with Gasteiger partial charge in [-0.1, -0.05) is 31.2 Å². The number of aliphatic hydroxyl groups is 4. The highest BCUT2D eigenvalue weighted by Crippen LogP contribution is 2.40. The summed E-state index contributed by atoms with van der Waals surface area (Å²) in [5.41, 5.74) is -0.640. The Morgan fingerprint density at radius 1 is 1.03 bits per heavy atom. The minimum absolute atomic E-state index is 0.162. The number of benzene rings is 1. The molecule has 0 saturated carbocycles. The van der Waals surface area contributed by atoms with Crippen LogP contribution in [0, 0.1) is 0 Å². The molecule has 2 heterocycles. The number of hydrogen-bond acceptors (Lipinski definition) is 7. The number of aliphatic hydroxyl groups excluding tert-OH is 4. The van der Waals surface area contributed by atoms with Gasteiger partial charge >= 0.3 is 6.18 Å². The monoisotopic (exact) mass is 510 g/mol. The molecule has 8 nitrogen and oxygen atoms in total. The van der Waals surface area contributed by atoms with Crippen molar-refractivity contribution in [2.24, 2.45) is 0 Å². The molecule has 5 atom stereocenters. The van der Waals surface area contributed by atoms with E-state index < -0.39 is 86.4 Å². The van der Waals surface area contributed by atoms with E-state index in [-0.39, 0.29) is 4.68 Å². The molecule has 0 unspecified atom stereocenters. The molecule has 0 bridgehead atoms. The quantitative estimate of drug-likeness (QED) is 0.380. The number of nitrogens with zero attached hydrogens (tertiary/aromatic N) is 2. The van der Waals surface area contributed by atoms with E-state index >= 15 is 0 Å². The third-order valence-electron chi connectivity index (χ3n) is 5.83. The molecule has 196 valence electrons. The molecular formula is C22H27F5N2O6. The van der Waals surface area contributed by atoms with Crippen molar-refractivity contribution >= 4 is 0 Å². The van der Waals surface area contributed by atoms with Crippen LogP contribution in [0.5, 0.6) is 5.88 Å². The molecule has 2 aromatic rings. The topological polar surface area (TPSA) is 117 Å². The van der Waals surface area contributed by atoms with Gasteiger partial charge in [0.15, 0.2) is 5.69 Å². The molecule has 13 heteroatoms. The summed E-state index contributed by atoms with van der Waals surface area (Å²) in [5.74, 6) is -0.729. The van der Waals surface area contributed by atoms with Crippen LogP contribution < -0.4 is 4.74 Å². The van der Waals surface area contributed by atoms with Gasteiger partial charge < -0.3 is 29.9 Å². The number of rotatable bonds is 9. The van der Waals surface area contributed by atoms with Gasteiger partial charge in [0, 0.05) is 6.42 Å². The van der Waals surface area contributed by atoms with Crippen LogP contribution in [-0.4, -0.2) is 80.9 Å². The van der Waals surface area contributed by atoms with Crippen LogP contribution in [0.1, 0.15) is 35.3 Å². The van der Waals surface area contributed by atoms with E-state index in [1.54, 1.807) is 24.3 Å². The molecule has 0 spiro atoms. The maximum Gasteiger partial charge on any atom is 0.433 e. The Kier molecular flexibility index (Phi) is 8.70. The zero-order valence-electron chi connectivity index (χ0n) is 18.7. The second-order valence-electron chi connectivity index (χ2n) is 8.20. The molecular weight excluding hydrogens is 483 g/mol. The maximum absolute atomic E-state index is 14.1. The van der Waals surface area contributed by atoms with Crippen LogP contribution in [0.15, 0.2) is 24.3 Å². The number of aryl methyl sites for hydroxylation is 1. The average molecular weight is 510 g/mol. The maximum atomic E-state index is 14.1. The third kappa shape index (κ3) is 5.75. The minimum atomic E-state index is -5.08. The van der Waals surface area contributed by atoms with E-state index in [9.17, 15) is 42.4 Å². The minimum Gasteiger partial charge on any atom is -0.443 e. The molecule has 4 N–H and O–H groups in total. The molecule has 1 aromatic carbocycles. The van der Waals surface area contributed by atoms with Gasteiger partial charge in [-0.2, -0.15) is 13.2 Å². The lowest BCUT2D eigenvalue weighted by Crippen LogP contribution is -2.60. The first-order valence-corrected chi connectivity index (χ1v) is 10.9. The van der Waals surface area contributed by atoms with E-state index in [1.165, 1.54) is 0 Å². The molecule has 35 heavy (non-hydrogen) atoms. The normalized spacial score (nSPS) is 25.3. The molecule has 1 saturated heterocycles. The summed E-state index contributed by atoms with van der Waals surface area (Å²) in [7, 11) is 0. The van der Waals surface area contributed by atoms with Crippen molar-refractivity contribution in [3.8, 4) is 5.88 Å². The fraction of sp³-hybridized carbons (Fsp3) is 0.591. The van der Waals surface area contributed by atoms with E-state index in [0.29, 0.717) is 12.0 Å². The highest BCUT2D eigenvalue weighted by molar-refractivity contribution is 5.39. The van der Waals surface area contributed by atoms with Crippen LogP contribution in [0.25, 0.3) is 0 Å². The van der Waals surface area contributed by atoms with Crippen LogP contribution in [0.3, 0.4) is 0 Å². The highest BCUT2D eigenvalue weighted by Gasteiger charge is 2.47. The first kappa shape index (κ1) is 27.3. The lowest BCUT2D eigenvalue weighted by molar-refractivity contribution is -0.278. The van der Waals surface area contributed by atoms with E-state index in [4.69, 9.17) is 9.47 Å². The van der Waals surface area contributed by atoms with Gasteiger partial charge in [0.1, 0.15) is 43.8 Å². The predicted octanol–water partition coefficient (Wildman–Crippen LogP) is 1.71. The van der Waals surface area contributed by atoms with Crippen LogP contribution in [0.4, 0.5) is 22.0 Å². The Bertz CT molecular complexity index is 964. The number of aromatic nitrogens is 2. The fourth-order valence-electron chi connectivity index (χ4n) is 3.81. The Balaban J connectivity index is 2.09. The lowest BCUT2D eigenvalue weighted by atomic mass is 9.99. The Labute approximate surface area is 197 Å². The SMILES string of the molecule is CCc1ccc(Cc2c(O[C@@H]3O[C@H](CO)[C@@H](O)[C@H](O)[C@H]3O)nn(C(CF)CF)c2C(F)(F)F)cc1. The Hall–Kier alpha value is -2.32. The first-order chi connectivity index (χ1) is 16.5. The predicted molar refractivity (Wildman–Crippen MR) is 111 cm³/mol. The van der Waals surface area contributed by atoms with Gasteiger partial charge in [-0.25, -0.2) is 13.5 Å². The molecule has 1 fully saturated rings. The number of alkyl halides is 5. The number of halogens is 5. The Morgan fingerprint density at radius 3 is 2.14 bits per heavy atom. The zero-order valence-corrected chi connectivity index (χ0v) is 18.7. The van der Waals surface area contributed by atoms with Crippen molar-refractivity contribution < 1.29 is 51.9 Å². The first-order valence-electron chi connectivity index (χ1n) is 10.9. The summed E-state index contributed by atoms with van der Waals surface area (Å²) in [6, 6.07) is 4.74. The standard InChI is InChI=1S/C22H27F5N2O6/c1-2-11-3-5-12(6-4-11)7-14-19(22(25,26)27)29(13(8-23)9-24)28-20(14)35-21-18(33)17(32)16(31)15(10-30)34-21/h3-6,13,15-18,21,30-33H,2,7-10H2,1H3/t15-,16-,17+,18-,21+/m1/s1. The van der Waals surface area contributed by atoms with Crippen molar-refractivity contribution in [1.82, 2.24) is 9.78 Å². The van der Waals surface area contributed by atoms with Crippen molar-refractivity contribution in [3.63, 3.8) is 0 Å². The van der Waals surface area contributed by atoms with Crippen LogP contribution in [-0.2, 0) is 23.8 Å². The molecule has 1 aliphatic heterocycles. The number of ether oxygens (including phenoxy) is 2. The zero-order chi connectivity index (χ0) is 25.9. The third-order valence-corrected chi connectivity index (χ3v) is 5.83. The van der Waals surface area contributed by atoms with E-state index in [1.807, 2.05) is 6.92 Å². The molecule has 0 radical (unpaired) electrons. The van der Waals surface area contributed by atoms with Gasteiger partial charge in [0.25, 0.3) is 0 Å². The number of hydrogen-bond donors (Lipinski definition) is 4. The van der Waals surface area contributed by atoms with Crippen molar-refractivity contribution in [2.45, 2.75) is 62.7 Å². The van der Waals surface area contributed by atoms with Gasteiger partial charge in [0.2, 0.25) is 12.2 Å². The molecule has 3 rings (SSSR count). The largest absolute Gasteiger partial charge is 0.443 e. The molecule has 0 amide bonds. The van der Waals surface area contributed by atoms with Crippen LogP contribution in [0.2, 0.25) is 0 Å². The van der Waals surface area contributed by atoms with Crippen molar-refractivity contribution in [3.05, 3.63) is 46.6 Å². The van der Waals surface area contributed by atoms with Crippen LogP contribution >= 0.6 is 0 Å². The second kappa shape index (κ2) is 11.2. The summed E-state index contributed by atoms with van der Waals surface area (Å²) in [4.78, 5) is 0. The fourth-order valence-corrected chi connectivity index (χ4v) is 3.81. The summed E-state index contributed by atoms with van der Waals surface area (Å²) >= 11 is 0. The van der Waals surface area contributed by atoms with Gasteiger partial charge in [-0.15, -0.1) is 5.10 Å². The van der Waals surface area contributed by atoms with E-state index in [0.717, 1.165) is 5.56 Å². The van der Waals surface area contributed by atoms with Crippen molar-refractivity contribution in [1.29, 1.82) is 0 Å². The summed E-state index contributed by atoms with van der Waals surface area (Å²) in [6.45, 7) is -1.85. The molecule has 1 aliphatic rings. The van der Waals surface area contributed by atoms with E-state index in [2.05, 4.69) is 5.10 Å². The second-order valence-corrected chi connectivity index (χ2v) is 8.20. The highest BCUT2D eigenvalue weighted by atomic mass is 19.4. The average Bonchev–Trinajstić information content (AvgIpc) is 3.18.